The van der Waals surface area contributed by atoms with Gasteiger partial charge in [0.15, 0.2) is 5.43 Å². The van der Waals surface area contributed by atoms with Crippen molar-refractivity contribution in [3.8, 4) is 5.69 Å². The van der Waals surface area contributed by atoms with E-state index in [4.69, 9.17) is 4.42 Å². The van der Waals surface area contributed by atoms with Gasteiger partial charge in [-0.2, -0.15) is 0 Å². The molecule has 164 valence electrons. The third kappa shape index (κ3) is 2.27. The van der Waals surface area contributed by atoms with Gasteiger partial charge < -0.3 is 8.98 Å². The Kier molecular flexibility index (Phi) is 3.37. The van der Waals surface area contributed by atoms with Crippen molar-refractivity contribution in [2.75, 3.05) is 0 Å². The van der Waals surface area contributed by atoms with Crippen LogP contribution in [0.1, 0.15) is 0 Å². The van der Waals surface area contributed by atoms with Crippen molar-refractivity contribution in [3.63, 3.8) is 0 Å². The Morgan fingerprint density at radius 3 is 2.31 bits per heavy atom. The molecule has 0 spiro atoms. The van der Waals surface area contributed by atoms with Gasteiger partial charge in [0.2, 0.25) is 0 Å². The van der Waals surface area contributed by atoms with Crippen LogP contribution >= 0.6 is 0 Å². The van der Waals surface area contributed by atoms with Gasteiger partial charge in [-0.05, 0) is 47.9 Å². The summed E-state index contributed by atoms with van der Waals surface area (Å²) in [6.45, 7) is 0. The van der Waals surface area contributed by atoms with Crippen molar-refractivity contribution in [1.82, 2.24) is 8.97 Å². The predicted molar refractivity (Wildman–Crippen MR) is 140 cm³/mol. The Balaban J connectivity index is 1.69. The number of nitrogens with zero attached hydrogens (tertiary/aromatic N) is 2. The van der Waals surface area contributed by atoms with E-state index in [0.29, 0.717) is 27.4 Å². The Bertz CT molecular complexity index is 2250. The van der Waals surface area contributed by atoms with Crippen LogP contribution in [0.2, 0.25) is 0 Å². The van der Waals surface area contributed by atoms with Crippen molar-refractivity contribution < 1.29 is 4.42 Å². The number of aromatic nitrogens is 2. The van der Waals surface area contributed by atoms with Crippen LogP contribution in [0.3, 0.4) is 0 Å². The standard InChI is InChI=1S/C30H16N2O3/c33-29-20-14-13-17-7-6-12-26-27(17)28(20)32(30(34)35-26)25-16-24-21(15-22(25)29)19-10-4-5-11-23(19)31(24)18-8-2-1-3-9-18/h1-16H. The van der Waals surface area contributed by atoms with E-state index in [1.54, 1.807) is 10.5 Å². The highest BCUT2D eigenvalue weighted by Gasteiger charge is 2.20. The lowest BCUT2D eigenvalue weighted by Gasteiger charge is -2.13. The molecule has 0 radical (unpaired) electrons. The van der Waals surface area contributed by atoms with Crippen LogP contribution in [-0.2, 0) is 0 Å². The minimum atomic E-state index is -0.507. The topological polar surface area (TPSA) is 56.6 Å². The lowest BCUT2D eigenvalue weighted by Crippen LogP contribution is -2.18. The first-order valence-electron chi connectivity index (χ1n) is 11.5. The molecule has 0 unspecified atom stereocenters. The number of benzene rings is 5. The molecule has 5 heteroatoms. The SMILES string of the molecule is O=c1c2cc3c4ccccc4n(-c4ccccc4)c3cc2n2c(=O)oc3cccc4ccc1c2c43. The summed E-state index contributed by atoms with van der Waals surface area (Å²) in [5.74, 6) is -0.507. The molecule has 3 heterocycles. The summed E-state index contributed by atoms with van der Waals surface area (Å²) < 4.78 is 9.48. The quantitative estimate of drug-likeness (QED) is 0.219. The zero-order chi connectivity index (χ0) is 23.3. The Morgan fingerprint density at radius 2 is 1.43 bits per heavy atom. The molecule has 0 saturated carbocycles. The highest BCUT2D eigenvalue weighted by atomic mass is 16.4. The van der Waals surface area contributed by atoms with Crippen LogP contribution < -0.4 is 11.2 Å². The van der Waals surface area contributed by atoms with E-state index in [1.807, 2.05) is 66.7 Å². The smallest absolute Gasteiger partial charge is 0.409 e. The van der Waals surface area contributed by atoms with Crippen LogP contribution in [0.4, 0.5) is 0 Å². The van der Waals surface area contributed by atoms with Crippen molar-refractivity contribution >= 4 is 60.0 Å². The molecule has 3 aromatic heterocycles. The van der Waals surface area contributed by atoms with Crippen molar-refractivity contribution in [1.29, 1.82) is 0 Å². The molecular weight excluding hydrogens is 436 g/mol. The highest BCUT2D eigenvalue weighted by Crippen LogP contribution is 2.36. The molecule has 0 bridgehead atoms. The molecule has 0 saturated heterocycles. The fourth-order valence-corrected chi connectivity index (χ4v) is 5.65. The molecule has 5 nitrogen and oxygen atoms in total. The number of para-hydroxylation sites is 2. The number of rotatable bonds is 1. The van der Waals surface area contributed by atoms with Gasteiger partial charge in [0.05, 0.1) is 22.1 Å². The maximum Gasteiger partial charge on any atom is 0.424 e. The van der Waals surface area contributed by atoms with E-state index in [1.165, 1.54) is 0 Å². The van der Waals surface area contributed by atoms with E-state index in [9.17, 15) is 9.59 Å². The van der Waals surface area contributed by atoms with Crippen LogP contribution in [-0.4, -0.2) is 8.97 Å². The normalized spacial score (nSPS) is 12.2. The number of hydrogen-bond donors (Lipinski definition) is 0. The Labute approximate surface area is 197 Å². The third-order valence-electron chi connectivity index (χ3n) is 7.12. The molecule has 35 heavy (non-hydrogen) atoms. The zero-order valence-corrected chi connectivity index (χ0v) is 18.4. The highest BCUT2D eigenvalue weighted by molar-refractivity contribution is 6.18. The summed E-state index contributed by atoms with van der Waals surface area (Å²) in [6, 6.07) is 31.5. The predicted octanol–water partition coefficient (Wildman–Crippen LogP) is 6.25. The van der Waals surface area contributed by atoms with Gasteiger partial charge in [-0.3, -0.25) is 4.79 Å². The van der Waals surface area contributed by atoms with E-state index in [-0.39, 0.29) is 5.43 Å². The fraction of sp³-hybridized carbons (Fsp3) is 0. The molecule has 0 aliphatic rings. The van der Waals surface area contributed by atoms with Gasteiger partial charge in [-0.15, -0.1) is 0 Å². The minimum absolute atomic E-state index is 0.0869. The summed E-state index contributed by atoms with van der Waals surface area (Å²) in [5, 5.41) is 4.74. The van der Waals surface area contributed by atoms with Gasteiger partial charge in [0, 0.05) is 32.6 Å². The largest absolute Gasteiger partial charge is 0.424 e. The van der Waals surface area contributed by atoms with Gasteiger partial charge in [0.25, 0.3) is 0 Å². The van der Waals surface area contributed by atoms with Crippen LogP contribution in [0.15, 0.2) is 111 Å². The Morgan fingerprint density at radius 1 is 0.600 bits per heavy atom. The summed E-state index contributed by atoms with van der Waals surface area (Å²) in [4.78, 5) is 27.1. The Hall–Kier alpha value is -4.90. The van der Waals surface area contributed by atoms with E-state index in [2.05, 4.69) is 28.8 Å². The molecule has 0 amide bonds. The van der Waals surface area contributed by atoms with Crippen LogP contribution in [0.5, 0.6) is 0 Å². The number of fused-ring (bicyclic) bond motifs is 5. The first-order valence-corrected chi connectivity index (χ1v) is 11.5. The van der Waals surface area contributed by atoms with Crippen molar-refractivity contribution in [2.45, 2.75) is 0 Å². The summed E-state index contributed by atoms with van der Waals surface area (Å²) >= 11 is 0. The van der Waals surface area contributed by atoms with E-state index in [0.717, 1.165) is 38.3 Å². The molecule has 8 aromatic rings. The van der Waals surface area contributed by atoms with Crippen molar-refractivity contribution in [2.24, 2.45) is 0 Å². The maximum atomic E-state index is 13.8. The van der Waals surface area contributed by atoms with Gasteiger partial charge in [0.1, 0.15) is 5.58 Å². The average Bonchev–Trinajstić information content (AvgIpc) is 3.21. The van der Waals surface area contributed by atoms with E-state index >= 15 is 0 Å². The van der Waals surface area contributed by atoms with Gasteiger partial charge in [-0.25, -0.2) is 9.20 Å². The van der Waals surface area contributed by atoms with Gasteiger partial charge >= 0.3 is 5.76 Å². The van der Waals surface area contributed by atoms with Crippen molar-refractivity contribution in [3.05, 3.63) is 118 Å². The van der Waals surface area contributed by atoms with Crippen LogP contribution in [0, 0.1) is 0 Å². The molecule has 5 aromatic carbocycles. The monoisotopic (exact) mass is 452 g/mol. The molecule has 0 N–H and O–H groups in total. The van der Waals surface area contributed by atoms with Gasteiger partial charge in [-0.1, -0.05) is 54.6 Å². The molecule has 0 aliphatic carbocycles. The molecular formula is C30H16N2O3. The first kappa shape index (κ1) is 18.5. The lowest BCUT2D eigenvalue weighted by atomic mass is 10.0. The second kappa shape index (κ2) is 6.36. The second-order valence-corrected chi connectivity index (χ2v) is 8.92. The number of hydrogen-bond acceptors (Lipinski definition) is 3. The first-order chi connectivity index (χ1) is 17.2. The molecule has 0 aliphatic heterocycles. The number of pyridine rings is 1. The van der Waals surface area contributed by atoms with E-state index < -0.39 is 5.76 Å². The average molecular weight is 452 g/mol. The lowest BCUT2D eigenvalue weighted by molar-refractivity contribution is 0.525. The third-order valence-corrected chi connectivity index (χ3v) is 7.12. The maximum absolute atomic E-state index is 13.8. The summed E-state index contributed by atoms with van der Waals surface area (Å²) in [6.07, 6.45) is 0. The second-order valence-electron chi connectivity index (χ2n) is 8.92. The zero-order valence-electron chi connectivity index (χ0n) is 18.4. The molecule has 0 atom stereocenters. The summed E-state index contributed by atoms with van der Waals surface area (Å²) in [7, 11) is 0. The minimum Gasteiger partial charge on any atom is -0.409 e. The summed E-state index contributed by atoms with van der Waals surface area (Å²) in [5.41, 5.74) is 4.51. The van der Waals surface area contributed by atoms with Crippen LogP contribution in [0.25, 0.3) is 65.7 Å². The molecule has 0 fully saturated rings. The fourth-order valence-electron chi connectivity index (χ4n) is 5.65. The molecule has 8 rings (SSSR count).